The molecule has 0 aromatic heterocycles. The minimum atomic E-state index is -0.998. The summed E-state index contributed by atoms with van der Waals surface area (Å²) < 4.78 is 5.27. The van der Waals surface area contributed by atoms with Gasteiger partial charge in [0.15, 0.2) is 0 Å². The van der Waals surface area contributed by atoms with Crippen molar-refractivity contribution >= 4 is 18.0 Å². The van der Waals surface area contributed by atoms with Crippen molar-refractivity contribution in [3.8, 4) is 0 Å². The summed E-state index contributed by atoms with van der Waals surface area (Å²) in [6.45, 7) is 13.2. The first-order valence-corrected chi connectivity index (χ1v) is 9.29. The second-order valence-corrected chi connectivity index (χ2v) is 9.18. The number of carboxylic acids is 1. The first-order chi connectivity index (χ1) is 11.8. The Morgan fingerprint density at radius 1 is 1.19 bits per heavy atom. The normalized spacial score (nSPS) is 22.0. The quantitative estimate of drug-likeness (QED) is 0.775. The summed E-state index contributed by atoms with van der Waals surface area (Å²) in [5, 5.41) is 12.2. The van der Waals surface area contributed by atoms with Gasteiger partial charge < -0.3 is 20.1 Å². The number of amides is 2. The van der Waals surface area contributed by atoms with Crippen LogP contribution >= 0.6 is 0 Å². The Labute approximate surface area is 156 Å². The molecule has 0 saturated carbocycles. The number of hydrogen-bond acceptors (Lipinski definition) is 4. The summed E-state index contributed by atoms with van der Waals surface area (Å²) in [4.78, 5) is 38.4. The third-order valence-corrected chi connectivity index (χ3v) is 4.43. The molecular weight excluding hydrogens is 336 g/mol. The number of aliphatic carboxylic acids is 1. The molecule has 7 nitrogen and oxygen atoms in total. The predicted octanol–water partition coefficient (Wildman–Crippen LogP) is 3.03. The molecule has 0 aromatic carbocycles. The fraction of sp³-hybridized carbons (Fsp3) is 0.842. The molecule has 0 aromatic rings. The van der Waals surface area contributed by atoms with Gasteiger partial charge in [0.25, 0.3) is 0 Å². The predicted molar refractivity (Wildman–Crippen MR) is 98.8 cm³/mol. The van der Waals surface area contributed by atoms with E-state index in [1.54, 1.807) is 20.8 Å². The van der Waals surface area contributed by atoms with Crippen LogP contribution in [0.2, 0.25) is 0 Å². The summed E-state index contributed by atoms with van der Waals surface area (Å²) >= 11 is 0. The standard InChI is InChI=1S/C19H34N2O5/c1-8-9-12-10-13(16(23)24)21(11-12)15(22)14(18(2,3)4)20-17(25)26-19(5,6)7/h12-14H,8-11H2,1-7H3,(H,20,25)(H,23,24)/t12-,13-,14?/m0/s1. The van der Waals surface area contributed by atoms with Crippen LogP contribution in [0.5, 0.6) is 0 Å². The summed E-state index contributed by atoms with van der Waals surface area (Å²) in [6, 6.07) is -1.70. The van der Waals surface area contributed by atoms with Crippen molar-refractivity contribution in [2.24, 2.45) is 11.3 Å². The molecule has 1 aliphatic rings. The van der Waals surface area contributed by atoms with E-state index in [-0.39, 0.29) is 11.8 Å². The first-order valence-electron chi connectivity index (χ1n) is 9.29. The molecule has 1 unspecified atom stereocenters. The van der Waals surface area contributed by atoms with Crippen LogP contribution in [0.25, 0.3) is 0 Å². The Balaban J connectivity index is 3.01. The van der Waals surface area contributed by atoms with E-state index >= 15 is 0 Å². The van der Waals surface area contributed by atoms with Gasteiger partial charge in [-0.15, -0.1) is 0 Å². The number of carbonyl (C=O) groups excluding carboxylic acids is 2. The number of carboxylic acid groups (broad SMARTS) is 1. The molecule has 2 amide bonds. The molecule has 1 saturated heterocycles. The maximum atomic E-state index is 13.2. The molecule has 26 heavy (non-hydrogen) atoms. The maximum Gasteiger partial charge on any atom is 0.408 e. The van der Waals surface area contributed by atoms with Crippen LogP contribution in [-0.2, 0) is 14.3 Å². The number of rotatable bonds is 5. The molecule has 150 valence electrons. The molecule has 0 spiro atoms. The molecule has 1 heterocycles. The molecule has 1 fully saturated rings. The Hall–Kier alpha value is -1.79. The van der Waals surface area contributed by atoms with Crippen LogP contribution in [0.3, 0.4) is 0 Å². The van der Waals surface area contributed by atoms with Gasteiger partial charge in [-0.25, -0.2) is 9.59 Å². The highest BCUT2D eigenvalue weighted by Crippen LogP contribution is 2.30. The van der Waals surface area contributed by atoms with Crippen LogP contribution < -0.4 is 5.32 Å². The average Bonchev–Trinajstić information content (AvgIpc) is 2.85. The highest BCUT2D eigenvalue weighted by molar-refractivity contribution is 5.90. The van der Waals surface area contributed by atoms with E-state index in [2.05, 4.69) is 5.32 Å². The van der Waals surface area contributed by atoms with Gasteiger partial charge in [-0.3, -0.25) is 4.79 Å². The Morgan fingerprint density at radius 3 is 2.19 bits per heavy atom. The fourth-order valence-electron chi connectivity index (χ4n) is 3.26. The van der Waals surface area contributed by atoms with Gasteiger partial charge >= 0.3 is 12.1 Å². The minimum Gasteiger partial charge on any atom is -0.480 e. The molecule has 7 heteroatoms. The number of carbonyl (C=O) groups is 3. The van der Waals surface area contributed by atoms with Crippen LogP contribution in [0.4, 0.5) is 4.79 Å². The van der Waals surface area contributed by atoms with E-state index in [4.69, 9.17) is 4.74 Å². The van der Waals surface area contributed by atoms with Gasteiger partial charge in [-0.05, 0) is 44.9 Å². The molecule has 0 radical (unpaired) electrons. The number of nitrogens with zero attached hydrogens (tertiary/aromatic N) is 1. The van der Waals surface area contributed by atoms with Crippen molar-refractivity contribution in [3.63, 3.8) is 0 Å². The molecule has 1 rings (SSSR count). The third-order valence-electron chi connectivity index (χ3n) is 4.43. The van der Waals surface area contributed by atoms with Crippen molar-refractivity contribution in [2.75, 3.05) is 6.54 Å². The van der Waals surface area contributed by atoms with Gasteiger partial charge in [0.2, 0.25) is 5.91 Å². The van der Waals surface area contributed by atoms with Gasteiger partial charge in [-0.2, -0.15) is 0 Å². The molecule has 2 N–H and O–H groups in total. The van der Waals surface area contributed by atoms with E-state index in [0.29, 0.717) is 13.0 Å². The number of hydrogen-bond donors (Lipinski definition) is 2. The molecule has 3 atom stereocenters. The van der Waals surface area contributed by atoms with Gasteiger partial charge in [0.1, 0.15) is 17.7 Å². The fourth-order valence-corrected chi connectivity index (χ4v) is 3.26. The molecule has 1 aliphatic heterocycles. The number of alkyl carbamates (subject to hydrolysis) is 1. The van der Waals surface area contributed by atoms with Crippen molar-refractivity contribution < 1.29 is 24.2 Å². The lowest BCUT2D eigenvalue weighted by Gasteiger charge is -2.35. The molecule has 0 aliphatic carbocycles. The van der Waals surface area contributed by atoms with Crippen molar-refractivity contribution in [2.45, 2.75) is 85.4 Å². The van der Waals surface area contributed by atoms with Gasteiger partial charge in [0, 0.05) is 6.54 Å². The van der Waals surface area contributed by atoms with E-state index < -0.39 is 35.2 Å². The highest BCUT2D eigenvalue weighted by atomic mass is 16.6. The number of nitrogens with one attached hydrogen (secondary N) is 1. The minimum absolute atomic E-state index is 0.173. The summed E-state index contributed by atoms with van der Waals surface area (Å²) in [5.74, 6) is -1.19. The van der Waals surface area contributed by atoms with E-state index in [9.17, 15) is 19.5 Å². The zero-order chi connectivity index (χ0) is 20.3. The monoisotopic (exact) mass is 370 g/mol. The molecule has 0 bridgehead atoms. The van der Waals surface area contributed by atoms with Gasteiger partial charge in [-0.1, -0.05) is 34.1 Å². The number of likely N-dealkylation sites (tertiary alicyclic amines) is 1. The van der Waals surface area contributed by atoms with E-state index in [0.717, 1.165) is 12.8 Å². The van der Waals surface area contributed by atoms with Crippen LogP contribution in [0, 0.1) is 11.3 Å². The van der Waals surface area contributed by atoms with Crippen LogP contribution in [0.15, 0.2) is 0 Å². The first kappa shape index (κ1) is 22.3. The number of ether oxygens (including phenoxy) is 1. The third kappa shape index (κ3) is 6.18. The van der Waals surface area contributed by atoms with E-state index in [1.165, 1.54) is 4.90 Å². The second kappa shape index (κ2) is 8.27. The van der Waals surface area contributed by atoms with Crippen LogP contribution in [-0.4, -0.2) is 52.2 Å². The van der Waals surface area contributed by atoms with Crippen molar-refractivity contribution in [1.29, 1.82) is 0 Å². The van der Waals surface area contributed by atoms with Crippen molar-refractivity contribution in [3.05, 3.63) is 0 Å². The lowest BCUT2D eigenvalue weighted by Crippen LogP contribution is -2.57. The summed E-state index contributed by atoms with van der Waals surface area (Å²) in [6.07, 6.45) is 1.60. The zero-order valence-electron chi connectivity index (χ0n) is 17.1. The lowest BCUT2D eigenvalue weighted by molar-refractivity contribution is -0.150. The van der Waals surface area contributed by atoms with Crippen LogP contribution in [0.1, 0.15) is 67.7 Å². The average molecular weight is 370 g/mol. The highest BCUT2D eigenvalue weighted by Gasteiger charge is 2.44. The summed E-state index contributed by atoms with van der Waals surface area (Å²) in [7, 11) is 0. The molecular formula is C19H34N2O5. The van der Waals surface area contributed by atoms with Crippen molar-refractivity contribution in [1.82, 2.24) is 10.2 Å². The summed E-state index contributed by atoms with van der Waals surface area (Å²) in [5.41, 5.74) is -1.26. The second-order valence-electron chi connectivity index (χ2n) is 9.18. The van der Waals surface area contributed by atoms with Gasteiger partial charge in [0.05, 0.1) is 0 Å². The largest absolute Gasteiger partial charge is 0.480 e. The SMILES string of the molecule is CCC[C@H]1C[C@@H](C(=O)O)N(C(=O)C(NC(=O)OC(C)(C)C)C(C)(C)C)C1. The topological polar surface area (TPSA) is 95.9 Å². The maximum absolute atomic E-state index is 13.2. The lowest BCUT2D eigenvalue weighted by atomic mass is 9.85. The van der Waals surface area contributed by atoms with E-state index in [1.807, 2.05) is 27.7 Å². The Kier molecular flexibility index (Phi) is 7.08. The Morgan fingerprint density at radius 2 is 1.77 bits per heavy atom. The zero-order valence-corrected chi connectivity index (χ0v) is 17.1. The Bertz CT molecular complexity index is 533. The smallest absolute Gasteiger partial charge is 0.408 e.